The van der Waals surface area contributed by atoms with Crippen molar-refractivity contribution in [2.24, 2.45) is 23.3 Å². The Labute approximate surface area is 261 Å². The van der Waals surface area contributed by atoms with E-state index in [2.05, 4.69) is 18.9 Å². The number of amides is 3. The molecule has 2 fully saturated rings. The van der Waals surface area contributed by atoms with E-state index in [-0.39, 0.29) is 18.9 Å². The average molecular weight is 614 g/mol. The summed E-state index contributed by atoms with van der Waals surface area (Å²) >= 11 is 0. The third-order valence-electron chi connectivity index (χ3n) is 8.24. The van der Waals surface area contributed by atoms with E-state index in [0.29, 0.717) is 30.2 Å². The zero-order valence-electron chi connectivity index (χ0n) is 26.6. The first-order valence-corrected chi connectivity index (χ1v) is 15.8. The van der Waals surface area contributed by atoms with Crippen molar-refractivity contribution >= 4 is 29.3 Å². The van der Waals surface area contributed by atoms with Gasteiger partial charge in [-0.05, 0) is 51.2 Å². The molecular weight excluding hydrogens is 562 g/mol. The summed E-state index contributed by atoms with van der Waals surface area (Å²) in [6.45, 7) is 12.0. The number of fused-ring (bicyclic) bond motifs is 1. The summed E-state index contributed by atoms with van der Waals surface area (Å²) in [5.74, 6) is 0.566. The molecule has 44 heavy (non-hydrogen) atoms. The smallest absolute Gasteiger partial charge is 0.251 e. The third kappa shape index (κ3) is 9.90. The minimum atomic E-state index is -1.24. The Kier molecular flexibility index (Phi) is 15.6. The molecule has 4 atom stereocenters. The highest BCUT2D eigenvalue weighted by atomic mass is 16.5. The maximum atomic E-state index is 12.7. The fraction of sp³-hybridized carbons (Fsp3) is 0.606. The van der Waals surface area contributed by atoms with Gasteiger partial charge < -0.3 is 30.9 Å². The lowest BCUT2D eigenvalue weighted by Gasteiger charge is -2.25. The van der Waals surface area contributed by atoms with Gasteiger partial charge in [0.05, 0.1) is 24.2 Å². The number of aliphatic hydroxyl groups excluding tert-OH is 1. The molecule has 4 rings (SSSR count). The molecule has 0 spiro atoms. The molecular formula is C33H51N5O6. The van der Waals surface area contributed by atoms with Crippen molar-refractivity contribution in [3.8, 4) is 11.6 Å². The molecule has 244 valence electrons. The van der Waals surface area contributed by atoms with Crippen LogP contribution in [0, 0.1) is 11.8 Å². The summed E-state index contributed by atoms with van der Waals surface area (Å²) in [5.41, 5.74) is 12.1. The third-order valence-corrected chi connectivity index (χ3v) is 8.24. The van der Waals surface area contributed by atoms with Gasteiger partial charge in [0.1, 0.15) is 29.7 Å². The Morgan fingerprint density at radius 2 is 1.82 bits per heavy atom. The molecule has 1 saturated carbocycles. The van der Waals surface area contributed by atoms with Gasteiger partial charge in [-0.1, -0.05) is 51.9 Å². The van der Waals surface area contributed by atoms with Crippen LogP contribution in [0.5, 0.6) is 11.6 Å². The van der Waals surface area contributed by atoms with E-state index in [1.807, 2.05) is 32.0 Å². The molecule has 3 amide bonds. The molecule has 1 unspecified atom stereocenters. The highest BCUT2D eigenvalue weighted by Crippen LogP contribution is 2.34. The van der Waals surface area contributed by atoms with Crippen molar-refractivity contribution in [1.29, 1.82) is 0 Å². The first-order valence-electron chi connectivity index (χ1n) is 15.8. The number of nitrogens with zero attached hydrogens (tertiary/aromatic N) is 3. The van der Waals surface area contributed by atoms with E-state index in [1.54, 1.807) is 0 Å². The quantitative estimate of drug-likeness (QED) is 0.172. The predicted molar refractivity (Wildman–Crippen MR) is 171 cm³/mol. The topological polar surface area (TPSA) is 171 Å². The molecule has 2 aliphatic rings. The number of aromatic nitrogens is 2. The summed E-state index contributed by atoms with van der Waals surface area (Å²) in [6.07, 6.45) is 9.95. The van der Waals surface area contributed by atoms with Crippen molar-refractivity contribution in [2.75, 3.05) is 13.2 Å². The van der Waals surface area contributed by atoms with Crippen LogP contribution in [0.3, 0.4) is 0 Å². The number of nitrogens with two attached hydrogens (primary N) is 2. The highest BCUT2D eigenvalue weighted by molar-refractivity contribution is 5.89. The van der Waals surface area contributed by atoms with Crippen LogP contribution in [-0.2, 0) is 20.8 Å². The fourth-order valence-corrected chi connectivity index (χ4v) is 6.23. The van der Waals surface area contributed by atoms with E-state index in [1.165, 1.54) is 50.3 Å². The van der Waals surface area contributed by atoms with Crippen molar-refractivity contribution in [3.63, 3.8) is 0 Å². The summed E-state index contributed by atoms with van der Waals surface area (Å²) in [7, 11) is 0. The Bertz CT molecular complexity index is 1200. The lowest BCUT2D eigenvalue weighted by molar-refractivity contribution is -0.144. The first kappa shape index (κ1) is 36.5. The van der Waals surface area contributed by atoms with Crippen molar-refractivity contribution < 1.29 is 29.0 Å². The van der Waals surface area contributed by atoms with Crippen LogP contribution < -0.4 is 20.9 Å². The number of primary amides is 2. The molecule has 1 aliphatic heterocycles. The second-order valence-electron chi connectivity index (χ2n) is 11.2. The number of likely N-dealkylation sites (tertiary alicyclic amines) is 1. The maximum Gasteiger partial charge on any atom is 0.251 e. The minimum absolute atomic E-state index is 0.148. The molecule has 1 saturated heterocycles. The van der Waals surface area contributed by atoms with Gasteiger partial charge in [-0.2, -0.15) is 0 Å². The van der Waals surface area contributed by atoms with Crippen molar-refractivity contribution in [2.45, 2.75) is 103 Å². The van der Waals surface area contributed by atoms with Gasteiger partial charge in [-0.15, -0.1) is 13.2 Å². The van der Waals surface area contributed by atoms with E-state index in [4.69, 9.17) is 30.0 Å². The summed E-state index contributed by atoms with van der Waals surface area (Å²) < 4.78 is 12.2. The Morgan fingerprint density at radius 1 is 1.14 bits per heavy atom. The molecule has 2 heterocycles. The van der Waals surface area contributed by atoms with Gasteiger partial charge >= 0.3 is 0 Å². The average Bonchev–Trinajstić information content (AvgIpc) is 3.66. The molecule has 1 aliphatic carbocycles. The number of hydrogen-bond acceptors (Lipinski definition) is 8. The van der Waals surface area contributed by atoms with Crippen LogP contribution in [0.1, 0.15) is 84.3 Å². The molecule has 1 aromatic carbocycles. The molecule has 11 heteroatoms. The lowest BCUT2D eigenvalue weighted by atomic mass is 9.94. The molecule has 0 radical (unpaired) electrons. The van der Waals surface area contributed by atoms with Crippen LogP contribution in [-0.4, -0.2) is 69.6 Å². The van der Waals surface area contributed by atoms with E-state index in [0.717, 1.165) is 36.4 Å². The lowest BCUT2D eigenvalue weighted by Crippen LogP contribution is -2.49. The van der Waals surface area contributed by atoms with Crippen LogP contribution in [0.15, 0.2) is 31.4 Å². The SMILES string of the molecule is C=C.CCOc1ccc2nc(CCCCCC3CCCC3)c(O[C@H]3CN(C(=O)[C@H](C)O)C(C(N)=O)[C@@H]3CC)nc2c1.NC=O. The number of hydrogen-bond donors (Lipinski definition) is 3. The number of aliphatic hydroxyl groups is 1. The van der Waals surface area contributed by atoms with E-state index >= 15 is 0 Å². The summed E-state index contributed by atoms with van der Waals surface area (Å²) in [6, 6.07) is 4.81. The standard InChI is InChI=1S/C30H44N4O5.C2H4.CH3NO/c1-4-22-26(18-34(27(22)28(31)36)30(37)19(3)35)39-29-24(14-8-6-7-11-20-12-9-10-13-20)32-23-16-15-21(38-5-2)17-25(23)33-29;1-2;2-1-3/h15-17,19-20,22,26-27,35H,4-14,18H2,1-3H3,(H2,31,36);1-2H2;1H,(H2,2,3)/t19-,22+,26-,27?;;/m0../s1. The van der Waals surface area contributed by atoms with Crippen LogP contribution >= 0.6 is 0 Å². The van der Waals surface area contributed by atoms with Gasteiger partial charge in [0, 0.05) is 12.0 Å². The number of aryl methyl sites for hydroxylation is 1. The van der Waals surface area contributed by atoms with Gasteiger partial charge in [0.2, 0.25) is 18.2 Å². The Morgan fingerprint density at radius 3 is 2.41 bits per heavy atom. The van der Waals surface area contributed by atoms with E-state index in [9.17, 15) is 14.7 Å². The fourth-order valence-electron chi connectivity index (χ4n) is 6.23. The normalized spacial score (nSPS) is 20.2. The zero-order chi connectivity index (χ0) is 32.6. The Balaban J connectivity index is 0.00000127. The van der Waals surface area contributed by atoms with Gasteiger partial charge in [-0.3, -0.25) is 14.4 Å². The second-order valence-corrected chi connectivity index (χ2v) is 11.2. The van der Waals surface area contributed by atoms with Crippen molar-refractivity contribution in [3.05, 3.63) is 37.1 Å². The number of carbonyl (C=O) groups excluding carboxylic acids is 3. The van der Waals surface area contributed by atoms with Crippen LogP contribution in [0.25, 0.3) is 11.0 Å². The largest absolute Gasteiger partial charge is 0.494 e. The number of ether oxygens (including phenoxy) is 2. The van der Waals surface area contributed by atoms with Crippen LogP contribution in [0.4, 0.5) is 0 Å². The Hall–Kier alpha value is -3.73. The number of benzene rings is 1. The molecule has 5 N–H and O–H groups in total. The zero-order valence-corrected chi connectivity index (χ0v) is 26.6. The predicted octanol–water partition coefficient (Wildman–Crippen LogP) is 4.08. The molecule has 2 aromatic rings. The summed E-state index contributed by atoms with van der Waals surface area (Å²) in [4.78, 5) is 44.8. The van der Waals surface area contributed by atoms with Gasteiger partial charge in [0.25, 0.3) is 5.91 Å². The molecule has 1 aromatic heterocycles. The number of rotatable bonds is 13. The number of carbonyl (C=O) groups is 3. The maximum absolute atomic E-state index is 12.7. The van der Waals surface area contributed by atoms with Crippen molar-refractivity contribution in [1.82, 2.24) is 14.9 Å². The van der Waals surface area contributed by atoms with Crippen LogP contribution in [0.2, 0.25) is 0 Å². The van der Waals surface area contributed by atoms with E-state index < -0.39 is 30.1 Å². The monoisotopic (exact) mass is 613 g/mol. The van der Waals surface area contributed by atoms with Gasteiger partial charge in [0.15, 0.2) is 0 Å². The molecule has 0 bridgehead atoms. The minimum Gasteiger partial charge on any atom is -0.494 e. The first-order chi connectivity index (χ1) is 21.2. The summed E-state index contributed by atoms with van der Waals surface area (Å²) in [5, 5.41) is 9.94. The highest BCUT2D eigenvalue weighted by Gasteiger charge is 2.48. The second kappa shape index (κ2) is 18.8. The number of unbranched alkanes of at least 4 members (excludes halogenated alkanes) is 2. The van der Waals surface area contributed by atoms with Gasteiger partial charge in [-0.25, -0.2) is 9.97 Å². The molecule has 11 nitrogen and oxygen atoms in total.